The summed E-state index contributed by atoms with van der Waals surface area (Å²) in [5.41, 5.74) is 28.9. The van der Waals surface area contributed by atoms with Crippen LogP contribution in [0.25, 0.3) is 77.2 Å². The summed E-state index contributed by atoms with van der Waals surface area (Å²) < 4.78 is 7.38. The van der Waals surface area contributed by atoms with Gasteiger partial charge in [-0.05, 0) is 153 Å². The predicted molar refractivity (Wildman–Crippen MR) is 373 cm³/mol. The Kier molecular flexibility index (Phi) is 10.4. The van der Waals surface area contributed by atoms with Gasteiger partial charge in [-0.25, -0.2) is 0 Å². The summed E-state index contributed by atoms with van der Waals surface area (Å²) in [6, 6.07) is 126. The first kappa shape index (κ1) is 50.4. The monoisotopic (exact) mass is 1150 g/mol. The fourth-order valence-corrected chi connectivity index (χ4v) is 17.7. The minimum atomic E-state index is -0.694. The van der Waals surface area contributed by atoms with E-state index in [1.54, 1.807) is 0 Å². The van der Waals surface area contributed by atoms with Gasteiger partial charge in [0.15, 0.2) is 0 Å². The SMILES string of the molecule is c1ccc(C2(c3ccccc3)c3ccccc3-c3ccc(N(c4cccc(-c5ccc6c(c5)C5(c7ccccc7-6)c6ccc7ccccc7c6Oc6c5ccc5ccccc65)c4)c4cccc5c4-c4ccccc4C54c5ccccc5-c5ccccc54)cc32)cc1. The van der Waals surface area contributed by atoms with E-state index < -0.39 is 16.2 Å². The van der Waals surface area contributed by atoms with E-state index in [4.69, 9.17) is 4.74 Å². The zero-order chi connectivity index (χ0) is 59.6. The number of benzene rings is 15. The summed E-state index contributed by atoms with van der Waals surface area (Å²) in [7, 11) is 0. The summed E-state index contributed by atoms with van der Waals surface area (Å²) in [6.45, 7) is 0. The van der Waals surface area contributed by atoms with Gasteiger partial charge in [0.1, 0.15) is 11.5 Å². The molecule has 422 valence electrons. The van der Waals surface area contributed by atoms with Crippen molar-refractivity contribution in [2.24, 2.45) is 0 Å². The van der Waals surface area contributed by atoms with Crippen molar-refractivity contribution in [3.05, 3.63) is 400 Å². The lowest BCUT2D eigenvalue weighted by atomic mass is 9.65. The van der Waals surface area contributed by atoms with Crippen LogP contribution in [0.1, 0.15) is 66.8 Å². The van der Waals surface area contributed by atoms with Crippen LogP contribution in [0.5, 0.6) is 11.5 Å². The van der Waals surface area contributed by atoms with E-state index in [0.29, 0.717) is 0 Å². The highest BCUT2D eigenvalue weighted by molar-refractivity contribution is 6.04. The van der Waals surface area contributed by atoms with Crippen molar-refractivity contribution in [3.63, 3.8) is 0 Å². The van der Waals surface area contributed by atoms with Crippen molar-refractivity contribution >= 4 is 38.6 Å². The maximum absolute atomic E-state index is 7.38. The second-order valence-corrected chi connectivity index (χ2v) is 25.2. The molecule has 0 saturated carbocycles. The first-order valence-electron chi connectivity index (χ1n) is 31.8. The number of ether oxygens (including phenoxy) is 1. The Morgan fingerprint density at radius 3 is 1.21 bits per heavy atom. The fraction of sp³-hybridized carbons (Fsp3) is 0.0337. The molecule has 2 spiro atoms. The molecule has 0 aromatic heterocycles. The van der Waals surface area contributed by atoms with Crippen molar-refractivity contribution in [2.45, 2.75) is 16.2 Å². The van der Waals surface area contributed by atoms with Gasteiger partial charge in [-0.1, -0.05) is 297 Å². The predicted octanol–water partition coefficient (Wildman–Crippen LogP) is 22.3. The molecule has 2 heteroatoms. The fourth-order valence-electron chi connectivity index (χ4n) is 17.7. The molecule has 0 bridgehead atoms. The quantitative estimate of drug-likeness (QED) is 0.165. The molecule has 15 aromatic rings. The van der Waals surface area contributed by atoms with Crippen LogP contribution in [0.4, 0.5) is 17.1 Å². The topological polar surface area (TPSA) is 12.5 Å². The molecular weight excluding hydrogens is 1100 g/mol. The molecule has 0 fully saturated rings. The van der Waals surface area contributed by atoms with Crippen LogP contribution in [0, 0.1) is 0 Å². The van der Waals surface area contributed by atoms with Crippen LogP contribution in [0.15, 0.2) is 334 Å². The second kappa shape index (κ2) is 18.7. The van der Waals surface area contributed by atoms with Crippen molar-refractivity contribution in [2.75, 3.05) is 4.90 Å². The molecular formula is C89H55NO. The summed E-state index contributed by atoms with van der Waals surface area (Å²) in [5.74, 6) is 1.83. The molecule has 20 rings (SSSR count). The molecule has 4 aliphatic carbocycles. The van der Waals surface area contributed by atoms with Gasteiger partial charge in [0.25, 0.3) is 0 Å². The molecule has 0 amide bonds. The van der Waals surface area contributed by atoms with Gasteiger partial charge in [0.2, 0.25) is 0 Å². The standard InChI is InChI=1S/C89H55NO/c1-3-26-60(27-4-1)87(61-28-5-2-6-29-61)73-38-16-11-35-68(73)71-50-48-63(55-82(71)87)90(83-44-22-43-78-84(83)72-37-15-20-42-77(72)88(78)74-39-17-12-33-66(74)67-34-13-18-40-75(67)88)62-30-21-25-58(53-62)59-45-49-70-69-36-14-19-41-76(69)89(81(70)54-59)79-51-46-56-23-7-9-31-64(56)85(79)91-86-65-32-10-8-24-57(65)47-52-80(86)89/h1-55H. The van der Waals surface area contributed by atoms with Crippen LogP contribution < -0.4 is 9.64 Å². The Hall–Kier alpha value is -11.6. The van der Waals surface area contributed by atoms with Gasteiger partial charge in [0, 0.05) is 38.8 Å². The molecule has 0 N–H and O–H groups in total. The molecule has 1 heterocycles. The van der Waals surface area contributed by atoms with Crippen LogP contribution >= 0.6 is 0 Å². The van der Waals surface area contributed by atoms with E-state index in [1.807, 2.05) is 0 Å². The third-order valence-corrected chi connectivity index (χ3v) is 21.2. The second-order valence-electron chi connectivity index (χ2n) is 25.2. The van der Waals surface area contributed by atoms with Crippen LogP contribution in [0.2, 0.25) is 0 Å². The van der Waals surface area contributed by atoms with Crippen LogP contribution in [-0.4, -0.2) is 0 Å². The van der Waals surface area contributed by atoms with Gasteiger partial charge in [0.05, 0.1) is 21.9 Å². The van der Waals surface area contributed by atoms with Crippen molar-refractivity contribution in [1.29, 1.82) is 0 Å². The van der Waals surface area contributed by atoms with E-state index >= 15 is 0 Å². The normalized spacial score (nSPS) is 14.5. The van der Waals surface area contributed by atoms with Crippen molar-refractivity contribution < 1.29 is 4.74 Å². The Labute approximate surface area is 528 Å². The highest BCUT2D eigenvalue weighted by atomic mass is 16.5. The Morgan fingerprint density at radius 2 is 0.637 bits per heavy atom. The van der Waals surface area contributed by atoms with Gasteiger partial charge in [-0.3, -0.25) is 0 Å². The molecule has 15 aromatic carbocycles. The number of anilines is 3. The van der Waals surface area contributed by atoms with Gasteiger partial charge < -0.3 is 9.64 Å². The molecule has 0 unspecified atom stereocenters. The zero-order valence-electron chi connectivity index (χ0n) is 49.6. The van der Waals surface area contributed by atoms with Gasteiger partial charge in [-0.15, -0.1) is 0 Å². The largest absolute Gasteiger partial charge is 0.455 e. The average Bonchev–Trinajstić information content (AvgIpc) is 1.59. The van der Waals surface area contributed by atoms with Crippen molar-refractivity contribution in [3.8, 4) is 67.1 Å². The molecule has 0 radical (unpaired) electrons. The minimum Gasteiger partial charge on any atom is -0.455 e. The summed E-state index contributed by atoms with van der Waals surface area (Å²) in [5, 5.41) is 4.52. The number of rotatable bonds is 6. The van der Waals surface area contributed by atoms with E-state index in [-0.39, 0.29) is 0 Å². The number of fused-ring (bicyclic) bond motifs is 26. The third-order valence-electron chi connectivity index (χ3n) is 21.2. The Bertz CT molecular complexity index is 5430. The van der Waals surface area contributed by atoms with E-state index in [1.165, 1.54) is 100 Å². The smallest absolute Gasteiger partial charge is 0.140 e. The highest BCUT2D eigenvalue weighted by Crippen LogP contribution is 2.67. The Balaban J connectivity index is 0.847. The maximum atomic E-state index is 7.38. The van der Waals surface area contributed by atoms with E-state index in [0.717, 1.165) is 72.4 Å². The molecule has 5 aliphatic rings. The highest BCUT2D eigenvalue weighted by Gasteiger charge is 2.54. The lowest BCUT2D eigenvalue weighted by molar-refractivity contribution is 0.447. The first-order valence-corrected chi connectivity index (χ1v) is 31.8. The molecule has 91 heavy (non-hydrogen) atoms. The number of hydrogen-bond donors (Lipinski definition) is 0. The summed E-state index contributed by atoms with van der Waals surface area (Å²) in [6.07, 6.45) is 0. The van der Waals surface area contributed by atoms with Crippen LogP contribution in [0.3, 0.4) is 0 Å². The van der Waals surface area contributed by atoms with Gasteiger partial charge >= 0.3 is 0 Å². The van der Waals surface area contributed by atoms with Gasteiger partial charge in [-0.2, -0.15) is 0 Å². The van der Waals surface area contributed by atoms with Crippen molar-refractivity contribution in [1.82, 2.24) is 0 Å². The zero-order valence-corrected chi connectivity index (χ0v) is 49.6. The third kappa shape index (κ3) is 6.50. The lowest BCUT2D eigenvalue weighted by Crippen LogP contribution is -2.32. The summed E-state index contributed by atoms with van der Waals surface area (Å²) >= 11 is 0. The van der Waals surface area contributed by atoms with E-state index in [9.17, 15) is 0 Å². The Morgan fingerprint density at radius 1 is 0.231 bits per heavy atom. The number of hydrogen-bond acceptors (Lipinski definition) is 2. The number of nitrogens with zero attached hydrogens (tertiary/aromatic N) is 1. The minimum absolute atomic E-state index is 0.532. The molecule has 1 aliphatic heterocycles. The van der Waals surface area contributed by atoms with E-state index in [2.05, 4.69) is 339 Å². The maximum Gasteiger partial charge on any atom is 0.140 e. The van der Waals surface area contributed by atoms with Crippen LogP contribution in [-0.2, 0) is 16.2 Å². The first-order chi connectivity index (χ1) is 45.1. The lowest BCUT2D eigenvalue weighted by Gasteiger charge is -2.40. The molecule has 0 atom stereocenters. The molecule has 2 nitrogen and oxygen atoms in total. The molecule has 0 saturated heterocycles. The average molecular weight is 1150 g/mol. The summed E-state index contributed by atoms with van der Waals surface area (Å²) in [4.78, 5) is 2.58.